The summed E-state index contributed by atoms with van der Waals surface area (Å²) in [6.45, 7) is 5.37. The molecule has 10 heteroatoms. The van der Waals surface area contributed by atoms with E-state index in [0.29, 0.717) is 34.7 Å². The molecule has 4 heterocycles. The highest BCUT2D eigenvalue weighted by molar-refractivity contribution is 5.99. The first-order valence-electron chi connectivity index (χ1n) is 12.3. The molecule has 1 aliphatic heterocycles. The van der Waals surface area contributed by atoms with Gasteiger partial charge in [0.15, 0.2) is 0 Å². The van der Waals surface area contributed by atoms with Gasteiger partial charge in [-0.15, -0.1) is 0 Å². The first kappa shape index (κ1) is 22.2. The second kappa shape index (κ2) is 9.09. The van der Waals surface area contributed by atoms with Crippen LogP contribution in [0.5, 0.6) is 11.8 Å². The van der Waals surface area contributed by atoms with Gasteiger partial charge in [0.1, 0.15) is 29.5 Å². The van der Waals surface area contributed by atoms with Gasteiger partial charge in [-0.2, -0.15) is 0 Å². The molecule has 0 radical (unpaired) electrons. The third-order valence-corrected chi connectivity index (χ3v) is 7.18. The van der Waals surface area contributed by atoms with E-state index in [9.17, 15) is 4.79 Å². The van der Waals surface area contributed by atoms with Crippen LogP contribution >= 0.6 is 0 Å². The maximum absolute atomic E-state index is 12.8. The third-order valence-electron chi connectivity index (χ3n) is 7.18. The Balaban J connectivity index is 1.16. The number of methoxy groups -OCH3 is 1. The van der Waals surface area contributed by atoms with Crippen molar-refractivity contribution in [2.75, 3.05) is 52.2 Å². The van der Waals surface area contributed by atoms with Gasteiger partial charge in [-0.05, 0) is 44.4 Å². The lowest BCUT2D eigenvalue weighted by Gasteiger charge is -2.32. The lowest BCUT2D eigenvalue weighted by atomic mass is 10.1. The highest BCUT2D eigenvalue weighted by Crippen LogP contribution is 2.42. The fourth-order valence-electron chi connectivity index (χ4n) is 4.81. The van der Waals surface area contributed by atoms with Crippen LogP contribution in [-0.2, 0) is 4.79 Å². The number of ether oxygens (including phenoxy) is 2. The number of amides is 1. The summed E-state index contributed by atoms with van der Waals surface area (Å²) in [5, 5.41) is 3.90. The van der Waals surface area contributed by atoms with E-state index in [1.165, 1.54) is 6.33 Å². The molecule has 0 spiro atoms. The number of nitrogens with zero attached hydrogens (tertiary/aromatic N) is 5. The Bertz CT molecular complexity index is 1230. The zero-order chi connectivity index (χ0) is 23.9. The Kier molecular flexibility index (Phi) is 5.77. The second-order valence-corrected chi connectivity index (χ2v) is 9.87. The summed E-state index contributed by atoms with van der Waals surface area (Å²) in [7, 11) is 3.75. The Labute approximate surface area is 204 Å². The molecule has 2 atom stereocenters. The number of rotatable bonds is 8. The SMILES string of the molecule is COc1ncnc(OC2CC2)c1-c1c[nH]c2nc(NC(=O)[C@H]3C[C@@H]3CN3CCN(C)CC3)ccc12. The van der Waals surface area contributed by atoms with E-state index < -0.39 is 0 Å². The van der Waals surface area contributed by atoms with Crippen LogP contribution < -0.4 is 14.8 Å². The first-order valence-corrected chi connectivity index (χ1v) is 12.3. The van der Waals surface area contributed by atoms with Gasteiger partial charge in [0.25, 0.3) is 0 Å². The van der Waals surface area contributed by atoms with Crippen LogP contribution in [0.15, 0.2) is 24.7 Å². The molecule has 35 heavy (non-hydrogen) atoms. The fourth-order valence-corrected chi connectivity index (χ4v) is 4.81. The maximum Gasteiger partial charge on any atom is 0.228 e. The van der Waals surface area contributed by atoms with Crippen LogP contribution in [0.1, 0.15) is 19.3 Å². The standard InChI is InChI=1S/C25H31N7O3/c1-31-7-9-32(10-8-31)13-15-11-18(15)23(33)30-20-6-5-17-19(12-26-22(17)29-20)21-24(34-2)27-14-28-25(21)35-16-3-4-16/h5-6,12,14-16,18H,3-4,7-11,13H2,1-2H3,(H2,26,29,30,33)/t15-,18+/m1/s1. The van der Waals surface area contributed by atoms with Crippen LogP contribution in [0.3, 0.4) is 0 Å². The number of fused-ring (bicyclic) bond motifs is 1. The monoisotopic (exact) mass is 477 g/mol. The van der Waals surface area contributed by atoms with Crippen LogP contribution in [0.2, 0.25) is 0 Å². The van der Waals surface area contributed by atoms with E-state index in [1.54, 1.807) is 7.11 Å². The Morgan fingerprint density at radius 1 is 1.17 bits per heavy atom. The molecule has 3 aliphatic rings. The zero-order valence-corrected chi connectivity index (χ0v) is 20.2. The Morgan fingerprint density at radius 3 is 2.74 bits per heavy atom. The van der Waals surface area contributed by atoms with Crippen molar-refractivity contribution in [2.45, 2.75) is 25.4 Å². The van der Waals surface area contributed by atoms with Crippen LogP contribution in [0.4, 0.5) is 5.82 Å². The van der Waals surface area contributed by atoms with E-state index in [1.807, 2.05) is 18.3 Å². The average molecular weight is 478 g/mol. The molecule has 1 saturated heterocycles. The average Bonchev–Trinajstić information content (AvgIpc) is 3.79. The van der Waals surface area contributed by atoms with Crippen molar-refractivity contribution < 1.29 is 14.3 Å². The molecule has 2 N–H and O–H groups in total. The minimum Gasteiger partial charge on any atom is -0.480 e. The maximum atomic E-state index is 12.8. The number of nitrogens with one attached hydrogen (secondary N) is 2. The number of aromatic amines is 1. The van der Waals surface area contributed by atoms with Gasteiger partial charge >= 0.3 is 0 Å². The predicted molar refractivity (Wildman–Crippen MR) is 131 cm³/mol. The summed E-state index contributed by atoms with van der Waals surface area (Å²) in [4.78, 5) is 34.2. The lowest BCUT2D eigenvalue weighted by Crippen LogP contribution is -2.45. The smallest absolute Gasteiger partial charge is 0.228 e. The van der Waals surface area contributed by atoms with Gasteiger partial charge in [0.2, 0.25) is 17.7 Å². The highest BCUT2D eigenvalue weighted by atomic mass is 16.5. The number of pyridine rings is 1. The predicted octanol–water partition coefficient (Wildman–Crippen LogP) is 2.39. The molecule has 0 aromatic carbocycles. The number of piperazine rings is 1. The van der Waals surface area contributed by atoms with Gasteiger partial charge in [0.05, 0.1) is 7.11 Å². The molecule has 3 aromatic rings. The lowest BCUT2D eigenvalue weighted by molar-refractivity contribution is -0.117. The minimum absolute atomic E-state index is 0.0565. The Morgan fingerprint density at radius 2 is 1.97 bits per heavy atom. The normalized spacial score (nSPS) is 22.8. The summed E-state index contributed by atoms with van der Waals surface area (Å²) in [5.74, 6) is 2.08. The summed E-state index contributed by atoms with van der Waals surface area (Å²) >= 11 is 0. The van der Waals surface area contributed by atoms with Crippen molar-refractivity contribution in [1.82, 2.24) is 29.7 Å². The van der Waals surface area contributed by atoms with Crippen molar-refractivity contribution in [1.29, 1.82) is 0 Å². The molecule has 0 bridgehead atoms. The summed E-state index contributed by atoms with van der Waals surface area (Å²) in [6, 6.07) is 3.79. The molecule has 6 rings (SSSR count). The van der Waals surface area contributed by atoms with Gasteiger partial charge < -0.3 is 29.6 Å². The fraction of sp³-hybridized carbons (Fsp3) is 0.520. The van der Waals surface area contributed by atoms with E-state index in [4.69, 9.17) is 9.47 Å². The number of carbonyl (C=O) groups is 1. The number of hydrogen-bond acceptors (Lipinski definition) is 8. The molecule has 3 aromatic heterocycles. The number of carbonyl (C=O) groups excluding carboxylic acids is 1. The van der Waals surface area contributed by atoms with Crippen LogP contribution in [-0.4, -0.2) is 88.6 Å². The quantitative estimate of drug-likeness (QED) is 0.509. The van der Waals surface area contributed by atoms with Crippen LogP contribution in [0, 0.1) is 11.8 Å². The largest absolute Gasteiger partial charge is 0.480 e. The molecular formula is C25H31N7O3. The van der Waals surface area contributed by atoms with E-state index in [2.05, 4.69) is 42.1 Å². The van der Waals surface area contributed by atoms with Crippen molar-refractivity contribution in [3.05, 3.63) is 24.7 Å². The number of H-pyrrole nitrogens is 1. The van der Waals surface area contributed by atoms with Crippen molar-refractivity contribution in [2.24, 2.45) is 11.8 Å². The molecule has 1 amide bonds. The van der Waals surface area contributed by atoms with Gasteiger partial charge in [-0.1, -0.05) is 0 Å². The molecule has 10 nitrogen and oxygen atoms in total. The first-order chi connectivity index (χ1) is 17.1. The van der Waals surface area contributed by atoms with Crippen LogP contribution in [0.25, 0.3) is 22.2 Å². The highest BCUT2D eigenvalue weighted by Gasteiger charge is 2.44. The Hall–Kier alpha value is -3.24. The molecule has 2 aliphatic carbocycles. The van der Waals surface area contributed by atoms with Gasteiger partial charge in [0, 0.05) is 55.8 Å². The second-order valence-electron chi connectivity index (χ2n) is 9.87. The van der Waals surface area contributed by atoms with Crippen molar-refractivity contribution >= 4 is 22.8 Å². The summed E-state index contributed by atoms with van der Waals surface area (Å²) in [6.07, 6.45) is 6.52. The van der Waals surface area contributed by atoms with Crippen molar-refractivity contribution in [3.63, 3.8) is 0 Å². The topological polar surface area (TPSA) is 108 Å². The molecular weight excluding hydrogens is 446 g/mol. The van der Waals surface area contributed by atoms with Gasteiger partial charge in [-0.25, -0.2) is 15.0 Å². The van der Waals surface area contributed by atoms with Crippen molar-refractivity contribution in [3.8, 4) is 22.9 Å². The molecule has 3 fully saturated rings. The molecule has 2 saturated carbocycles. The number of hydrogen-bond donors (Lipinski definition) is 2. The van der Waals surface area contributed by atoms with E-state index in [0.717, 1.165) is 62.9 Å². The number of likely N-dealkylation sites (N-methyl/N-ethyl adjacent to an activating group) is 1. The third kappa shape index (κ3) is 4.68. The molecule has 184 valence electrons. The number of anilines is 1. The number of aromatic nitrogens is 4. The summed E-state index contributed by atoms with van der Waals surface area (Å²) < 4.78 is 11.5. The summed E-state index contributed by atoms with van der Waals surface area (Å²) in [5.41, 5.74) is 2.23. The zero-order valence-electron chi connectivity index (χ0n) is 20.2. The van der Waals surface area contributed by atoms with E-state index in [-0.39, 0.29) is 17.9 Å². The van der Waals surface area contributed by atoms with E-state index >= 15 is 0 Å². The molecule has 0 unspecified atom stereocenters. The minimum atomic E-state index is 0.0565. The van der Waals surface area contributed by atoms with Gasteiger partial charge in [-0.3, -0.25) is 4.79 Å².